The highest BCUT2D eigenvalue weighted by Gasteiger charge is 2.39. The van der Waals surface area contributed by atoms with Gasteiger partial charge in [0.2, 0.25) is 0 Å². The van der Waals surface area contributed by atoms with Gasteiger partial charge in [0.15, 0.2) is 0 Å². The quantitative estimate of drug-likeness (QED) is 0.385. The van der Waals surface area contributed by atoms with Gasteiger partial charge in [-0.05, 0) is 27.7 Å². The standard InChI is InChI=1S/C10H22N2O4/c1-8(7-13)11-10(14,12(5)15-6)16-9(2,3)4/h7-8,11,14H,1-6H3/t8-,10-/m0/s1. The molecule has 0 amide bonds. The van der Waals surface area contributed by atoms with Crippen LogP contribution in [0.5, 0.6) is 0 Å². The first-order valence-electron chi connectivity index (χ1n) is 5.08. The van der Waals surface area contributed by atoms with E-state index in [1.165, 1.54) is 14.2 Å². The van der Waals surface area contributed by atoms with Crippen LogP contribution in [0.2, 0.25) is 0 Å². The second-order valence-electron chi connectivity index (χ2n) is 4.57. The Morgan fingerprint density at radius 2 is 1.94 bits per heavy atom. The third-order valence-electron chi connectivity index (χ3n) is 1.77. The van der Waals surface area contributed by atoms with Crippen molar-refractivity contribution in [3.8, 4) is 0 Å². The van der Waals surface area contributed by atoms with Crippen LogP contribution in [0.1, 0.15) is 27.7 Å². The molecular weight excluding hydrogens is 212 g/mol. The van der Waals surface area contributed by atoms with Crippen molar-refractivity contribution in [1.29, 1.82) is 0 Å². The summed E-state index contributed by atoms with van der Waals surface area (Å²) in [6, 6.07) is -2.42. The maximum absolute atomic E-state index is 10.6. The van der Waals surface area contributed by atoms with Crippen molar-refractivity contribution in [1.82, 2.24) is 10.4 Å². The third-order valence-corrected chi connectivity index (χ3v) is 1.77. The van der Waals surface area contributed by atoms with E-state index in [0.717, 1.165) is 5.06 Å². The summed E-state index contributed by atoms with van der Waals surface area (Å²) >= 11 is 0. The molecule has 0 aliphatic rings. The van der Waals surface area contributed by atoms with Gasteiger partial charge in [0.1, 0.15) is 6.29 Å². The molecule has 0 bridgehead atoms. The first-order chi connectivity index (χ1) is 7.14. The summed E-state index contributed by atoms with van der Waals surface area (Å²) in [5.74, 6) is 0. The van der Waals surface area contributed by atoms with Crippen molar-refractivity contribution < 1.29 is 19.5 Å². The zero-order valence-corrected chi connectivity index (χ0v) is 10.8. The van der Waals surface area contributed by atoms with Crippen LogP contribution >= 0.6 is 0 Å². The van der Waals surface area contributed by atoms with Crippen molar-refractivity contribution in [2.75, 3.05) is 14.2 Å². The summed E-state index contributed by atoms with van der Waals surface area (Å²) in [5.41, 5.74) is -0.600. The highest BCUT2D eigenvalue weighted by molar-refractivity contribution is 5.56. The second kappa shape index (κ2) is 5.70. The fourth-order valence-corrected chi connectivity index (χ4v) is 1.07. The average Bonchev–Trinajstić information content (AvgIpc) is 2.13. The molecule has 0 aromatic heterocycles. The molecule has 0 saturated heterocycles. The Morgan fingerprint density at radius 1 is 1.44 bits per heavy atom. The first kappa shape index (κ1) is 15.5. The molecule has 2 N–H and O–H groups in total. The number of hydrogen-bond acceptors (Lipinski definition) is 6. The van der Waals surface area contributed by atoms with E-state index in [0.29, 0.717) is 6.29 Å². The number of hydroxylamine groups is 2. The van der Waals surface area contributed by atoms with Gasteiger partial charge in [-0.25, -0.2) is 5.32 Å². The van der Waals surface area contributed by atoms with Gasteiger partial charge < -0.3 is 14.6 Å². The monoisotopic (exact) mass is 234 g/mol. The lowest BCUT2D eigenvalue weighted by Crippen LogP contribution is -2.64. The summed E-state index contributed by atoms with van der Waals surface area (Å²) < 4.78 is 5.44. The molecule has 0 saturated carbocycles. The Labute approximate surface area is 96.5 Å². The Morgan fingerprint density at radius 3 is 2.25 bits per heavy atom. The van der Waals surface area contributed by atoms with Crippen molar-refractivity contribution in [3.05, 3.63) is 0 Å². The topological polar surface area (TPSA) is 71.0 Å². The summed E-state index contributed by atoms with van der Waals surface area (Å²) in [7, 11) is 2.89. The van der Waals surface area contributed by atoms with E-state index in [9.17, 15) is 9.90 Å². The summed E-state index contributed by atoms with van der Waals surface area (Å²) in [6.45, 7) is 6.96. The lowest BCUT2D eigenvalue weighted by Gasteiger charge is -2.40. The normalized spacial score (nSPS) is 18.2. The fourth-order valence-electron chi connectivity index (χ4n) is 1.07. The lowest BCUT2D eigenvalue weighted by atomic mass is 10.2. The Balaban J connectivity index is 4.81. The van der Waals surface area contributed by atoms with E-state index >= 15 is 0 Å². The molecule has 0 spiro atoms. The van der Waals surface area contributed by atoms with Crippen molar-refractivity contribution in [2.24, 2.45) is 0 Å². The third kappa shape index (κ3) is 5.00. The summed E-state index contributed by atoms with van der Waals surface area (Å²) in [4.78, 5) is 15.5. The van der Waals surface area contributed by atoms with Crippen LogP contribution in [0.25, 0.3) is 0 Å². The van der Waals surface area contributed by atoms with Crippen LogP contribution in [0.15, 0.2) is 0 Å². The van der Waals surface area contributed by atoms with Crippen LogP contribution in [-0.4, -0.2) is 48.3 Å². The Bertz CT molecular complexity index is 229. The number of ether oxygens (including phenoxy) is 1. The zero-order chi connectivity index (χ0) is 13.0. The number of aldehydes is 1. The highest BCUT2D eigenvalue weighted by Crippen LogP contribution is 2.19. The molecule has 0 aromatic carbocycles. The van der Waals surface area contributed by atoms with E-state index in [1.807, 2.05) is 0 Å². The molecule has 0 unspecified atom stereocenters. The minimum absolute atomic E-state index is 0.565. The summed E-state index contributed by atoms with van der Waals surface area (Å²) in [6.07, 6.45) is 0.667. The van der Waals surface area contributed by atoms with E-state index in [-0.39, 0.29) is 0 Å². The number of nitrogens with one attached hydrogen (secondary N) is 1. The van der Waals surface area contributed by atoms with Crippen LogP contribution in [0.4, 0.5) is 0 Å². The molecule has 0 rings (SSSR count). The average molecular weight is 234 g/mol. The molecule has 6 nitrogen and oxygen atoms in total. The van der Waals surface area contributed by atoms with Gasteiger partial charge in [-0.1, -0.05) is 0 Å². The van der Waals surface area contributed by atoms with Crippen molar-refractivity contribution in [2.45, 2.75) is 45.4 Å². The summed E-state index contributed by atoms with van der Waals surface area (Å²) in [5, 5.41) is 13.9. The SMILES string of the molecule is CON(C)[C@](O)(N[C@@H](C)C=O)OC(C)(C)C. The molecule has 6 heteroatoms. The Hall–Kier alpha value is -0.530. The van der Waals surface area contributed by atoms with E-state index < -0.39 is 17.7 Å². The van der Waals surface area contributed by atoms with Gasteiger partial charge in [0, 0.05) is 7.05 Å². The van der Waals surface area contributed by atoms with E-state index in [1.54, 1.807) is 27.7 Å². The molecule has 96 valence electrons. The highest BCUT2D eigenvalue weighted by atomic mass is 16.8. The van der Waals surface area contributed by atoms with Crippen LogP contribution < -0.4 is 5.32 Å². The maximum atomic E-state index is 10.6. The maximum Gasteiger partial charge on any atom is 0.315 e. The molecule has 0 fully saturated rings. The number of hydrogen-bond donors (Lipinski definition) is 2. The van der Waals surface area contributed by atoms with Gasteiger partial charge in [-0.3, -0.25) is 4.84 Å². The van der Waals surface area contributed by atoms with Gasteiger partial charge in [-0.2, -0.15) is 0 Å². The fraction of sp³-hybridized carbons (Fsp3) is 0.900. The smallest absolute Gasteiger partial charge is 0.315 e. The van der Waals surface area contributed by atoms with E-state index in [4.69, 9.17) is 9.57 Å². The van der Waals surface area contributed by atoms with Crippen molar-refractivity contribution in [3.63, 3.8) is 0 Å². The van der Waals surface area contributed by atoms with Crippen molar-refractivity contribution >= 4 is 6.29 Å². The molecule has 16 heavy (non-hydrogen) atoms. The number of carbonyl (C=O) groups is 1. The number of aliphatic hydroxyl groups is 1. The molecule has 2 atom stereocenters. The van der Waals surface area contributed by atoms with Crippen LogP contribution in [0, 0.1) is 0 Å². The largest absolute Gasteiger partial charge is 0.339 e. The minimum Gasteiger partial charge on any atom is -0.339 e. The Kier molecular flexibility index (Phi) is 5.51. The molecule has 0 radical (unpaired) electrons. The molecule has 0 aliphatic carbocycles. The second-order valence-corrected chi connectivity index (χ2v) is 4.57. The number of nitrogens with zero attached hydrogens (tertiary/aromatic N) is 1. The first-order valence-corrected chi connectivity index (χ1v) is 5.08. The predicted octanol–water partition coefficient (Wildman–Crippen LogP) is 0.0753. The molecule has 0 aromatic rings. The van der Waals surface area contributed by atoms with Crippen LogP contribution in [0.3, 0.4) is 0 Å². The number of carbonyl (C=O) groups excluding carboxylic acids is 1. The van der Waals surface area contributed by atoms with Gasteiger partial charge >= 0.3 is 6.03 Å². The zero-order valence-electron chi connectivity index (χ0n) is 10.8. The lowest BCUT2D eigenvalue weighted by molar-refractivity contribution is -0.414. The van der Waals surface area contributed by atoms with Gasteiger partial charge in [0.25, 0.3) is 0 Å². The molecule has 0 aliphatic heterocycles. The molecular formula is C10H22N2O4. The number of rotatable bonds is 6. The van der Waals surface area contributed by atoms with Crippen LogP contribution in [-0.2, 0) is 14.4 Å². The minimum atomic E-state index is -1.85. The van der Waals surface area contributed by atoms with E-state index in [2.05, 4.69) is 5.32 Å². The predicted molar refractivity (Wildman–Crippen MR) is 59.2 cm³/mol. The van der Waals surface area contributed by atoms with Gasteiger partial charge in [-0.15, -0.1) is 5.06 Å². The van der Waals surface area contributed by atoms with Gasteiger partial charge in [0.05, 0.1) is 18.8 Å². The molecule has 0 heterocycles.